The molecular weight excluding hydrogens is 286 g/mol. The summed E-state index contributed by atoms with van der Waals surface area (Å²) in [4.78, 5) is 5.64. The number of benzene rings is 1. The molecule has 0 fully saturated rings. The quantitative estimate of drug-likeness (QED) is 0.682. The Morgan fingerprint density at radius 3 is 2.83 bits per heavy atom. The molecule has 5 heteroatoms. The van der Waals surface area contributed by atoms with Crippen LogP contribution in [-0.4, -0.2) is 45.3 Å². The molecule has 0 unspecified atom stereocenters. The lowest BCUT2D eigenvalue weighted by atomic mass is 10.0. The van der Waals surface area contributed by atoms with Crippen molar-refractivity contribution in [2.75, 3.05) is 20.6 Å². The molecule has 0 radical (unpaired) electrons. The lowest BCUT2D eigenvalue weighted by Gasteiger charge is -2.08. The summed E-state index contributed by atoms with van der Waals surface area (Å²) in [7, 11) is 4.26. The molecule has 23 heavy (non-hydrogen) atoms. The summed E-state index contributed by atoms with van der Waals surface area (Å²) in [6.45, 7) is 3.96. The van der Waals surface area contributed by atoms with Gasteiger partial charge < -0.3 is 14.5 Å². The molecule has 0 amide bonds. The highest BCUT2D eigenvalue weighted by Crippen LogP contribution is 2.22. The van der Waals surface area contributed by atoms with Crippen LogP contribution in [0.25, 0.3) is 10.9 Å². The zero-order chi connectivity index (χ0) is 16.2. The molecular formula is C18H25N5. The van der Waals surface area contributed by atoms with Gasteiger partial charge in [-0.2, -0.15) is 0 Å². The molecule has 0 spiro atoms. The first-order valence-corrected chi connectivity index (χ1v) is 8.21. The van der Waals surface area contributed by atoms with E-state index in [1.165, 1.54) is 34.9 Å². The van der Waals surface area contributed by atoms with E-state index in [1.54, 1.807) is 6.33 Å². The maximum absolute atomic E-state index is 4.05. The van der Waals surface area contributed by atoms with Gasteiger partial charge in [0, 0.05) is 17.1 Å². The molecule has 0 atom stereocenters. The normalized spacial score (nSPS) is 11.7. The van der Waals surface area contributed by atoms with Gasteiger partial charge in [-0.3, -0.25) is 0 Å². The molecule has 0 aliphatic rings. The van der Waals surface area contributed by atoms with Crippen LogP contribution in [0, 0.1) is 6.92 Å². The Morgan fingerprint density at radius 2 is 2.09 bits per heavy atom. The molecule has 0 aliphatic carbocycles. The second-order valence-electron chi connectivity index (χ2n) is 6.46. The first-order chi connectivity index (χ1) is 11.1. The molecule has 1 N–H and O–H groups in total. The molecule has 5 nitrogen and oxygen atoms in total. The van der Waals surface area contributed by atoms with E-state index in [9.17, 15) is 0 Å². The molecule has 3 aromatic rings. The summed E-state index contributed by atoms with van der Waals surface area (Å²) in [5.41, 5.74) is 3.92. The maximum Gasteiger partial charge on any atom is 0.129 e. The Labute approximate surface area is 137 Å². The predicted molar refractivity (Wildman–Crippen MR) is 93.7 cm³/mol. The van der Waals surface area contributed by atoms with Crippen LogP contribution in [0.5, 0.6) is 0 Å². The summed E-state index contributed by atoms with van der Waals surface area (Å²) in [5, 5.41) is 9.35. The first-order valence-electron chi connectivity index (χ1n) is 8.21. The molecule has 2 aromatic heterocycles. The van der Waals surface area contributed by atoms with E-state index in [4.69, 9.17) is 0 Å². The van der Waals surface area contributed by atoms with Gasteiger partial charge in [-0.15, -0.1) is 10.2 Å². The van der Waals surface area contributed by atoms with Crippen molar-refractivity contribution in [3.63, 3.8) is 0 Å². The number of aromatic amines is 1. The average molecular weight is 311 g/mol. The zero-order valence-electron chi connectivity index (χ0n) is 14.2. The SMILES string of the molecule is Cc1nncn1Cc1ccc2[nH]cc(CCCCN(C)C)c2c1. The Kier molecular flexibility index (Phi) is 4.76. The second kappa shape index (κ2) is 6.96. The second-order valence-corrected chi connectivity index (χ2v) is 6.46. The van der Waals surface area contributed by atoms with Crippen molar-refractivity contribution in [2.45, 2.75) is 32.7 Å². The first kappa shape index (κ1) is 15.7. The minimum Gasteiger partial charge on any atom is -0.361 e. The number of hydrogen-bond donors (Lipinski definition) is 1. The molecule has 3 rings (SSSR count). The number of H-pyrrole nitrogens is 1. The highest BCUT2D eigenvalue weighted by molar-refractivity contribution is 5.83. The number of unbranched alkanes of at least 4 members (excludes halogenated alkanes) is 1. The number of nitrogens with one attached hydrogen (secondary N) is 1. The van der Waals surface area contributed by atoms with Gasteiger partial charge in [0.05, 0.1) is 6.54 Å². The van der Waals surface area contributed by atoms with Crippen LogP contribution in [0.3, 0.4) is 0 Å². The molecule has 0 bridgehead atoms. The Hall–Kier alpha value is -2.14. The van der Waals surface area contributed by atoms with Gasteiger partial charge in [-0.1, -0.05) is 6.07 Å². The van der Waals surface area contributed by atoms with Gasteiger partial charge in [0.25, 0.3) is 0 Å². The maximum atomic E-state index is 4.05. The third-order valence-electron chi connectivity index (χ3n) is 4.30. The van der Waals surface area contributed by atoms with Crippen molar-refractivity contribution in [2.24, 2.45) is 0 Å². The van der Waals surface area contributed by atoms with Gasteiger partial charge >= 0.3 is 0 Å². The van der Waals surface area contributed by atoms with Crippen molar-refractivity contribution >= 4 is 10.9 Å². The Bertz CT molecular complexity index is 769. The van der Waals surface area contributed by atoms with Crippen molar-refractivity contribution in [3.05, 3.63) is 47.7 Å². The summed E-state index contributed by atoms with van der Waals surface area (Å²) in [5.74, 6) is 0.947. The van der Waals surface area contributed by atoms with Gasteiger partial charge in [0.2, 0.25) is 0 Å². The van der Waals surface area contributed by atoms with Crippen molar-refractivity contribution in [1.29, 1.82) is 0 Å². The van der Waals surface area contributed by atoms with E-state index in [2.05, 4.69) is 63.1 Å². The molecule has 122 valence electrons. The monoisotopic (exact) mass is 311 g/mol. The smallest absolute Gasteiger partial charge is 0.129 e. The lowest BCUT2D eigenvalue weighted by molar-refractivity contribution is 0.394. The van der Waals surface area contributed by atoms with E-state index in [0.29, 0.717) is 0 Å². The van der Waals surface area contributed by atoms with Gasteiger partial charge in [-0.05, 0) is 70.1 Å². The third kappa shape index (κ3) is 3.79. The number of rotatable bonds is 7. The highest BCUT2D eigenvalue weighted by atomic mass is 15.2. The largest absolute Gasteiger partial charge is 0.361 e. The lowest BCUT2D eigenvalue weighted by Crippen LogP contribution is -2.12. The van der Waals surface area contributed by atoms with Crippen molar-refractivity contribution in [3.8, 4) is 0 Å². The van der Waals surface area contributed by atoms with Gasteiger partial charge in [0.15, 0.2) is 0 Å². The number of aryl methyl sites for hydroxylation is 2. The van der Waals surface area contributed by atoms with E-state index in [1.807, 2.05) is 6.92 Å². The van der Waals surface area contributed by atoms with Gasteiger partial charge in [0.1, 0.15) is 12.2 Å². The number of hydrogen-bond acceptors (Lipinski definition) is 3. The van der Waals surface area contributed by atoms with Crippen LogP contribution in [0.1, 0.15) is 29.8 Å². The van der Waals surface area contributed by atoms with Crippen molar-refractivity contribution in [1.82, 2.24) is 24.6 Å². The average Bonchev–Trinajstić information content (AvgIpc) is 3.10. The van der Waals surface area contributed by atoms with Crippen LogP contribution in [0.2, 0.25) is 0 Å². The fraction of sp³-hybridized carbons (Fsp3) is 0.444. The van der Waals surface area contributed by atoms with Crippen LogP contribution in [0.15, 0.2) is 30.7 Å². The van der Waals surface area contributed by atoms with Crippen LogP contribution >= 0.6 is 0 Å². The number of fused-ring (bicyclic) bond motifs is 1. The Morgan fingerprint density at radius 1 is 1.22 bits per heavy atom. The van der Waals surface area contributed by atoms with Crippen molar-refractivity contribution < 1.29 is 0 Å². The predicted octanol–water partition coefficient (Wildman–Crippen LogP) is 3.00. The Balaban J connectivity index is 1.73. The molecule has 0 aliphatic heterocycles. The standard InChI is InChI=1S/C18H25N5/c1-14-21-20-13-23(14)12-15-7-8-18-17(10-15)16(11-19-18)6-4-5-9-22(2)3/h7-8,10-11,13,19H,4-6,9,12H2,1-3H3. The topological polar surface area (TPSA) is 49.7 Å². The molecule has 2 heterocycles. The number of nitrogens with zero attached hydrogens (tertiary/aromatic N) is 4. The van der Waals surface area contributed by atoms with Crippen LogP contribution in [0.4, 0.5) is 0 Å². The van der Waals surface area contributed by atoms with Crippen LogP contribution < -0.4 is 0 Å². The third-order valence-corrected chi connectivity index (χ3v) is 4.30. The molecule has 1 aromatic carbocycles. The summed E-state index contributed by atoms with van der Waals surface area (Å²) >= 11 is 0. The molecule has 0 saturated carbocycles. The van der Waals surface area contributed by atoms with Crippen LogP contribution in [-0.2, 0) is 13.0 Å². The van der Waals surface area contributed by atoms with Gasteiger partial charge in [-0.25, -0.2) is 0 Å². The van der Waals surface area contributed by atoms with E-state index < -0.39 is 0 Å². The van der Waals surface area contributed by atoms with E-state index >= 15 is 0 Å². The van der Waals surface area contributed by atoms with E-state index in [0.717, 1.165) is 25.3 Å². The minimum absolute atomic E-state index is 0.819. The highest BCUT2D eigenvalue weighted by Gasteiger charge is 2.06. The molecule has 0 saturated heterocycles. The van der Waals surface area contributed by atoms with E-state index in [-0.39, 0.29) is 0 Å². The fourth-order valence-electron chi connectivity index (χ4n) is 2.94. The number of aromatic nitrogens is 4. The fourth-order valence-corrected chi connectivity index (χ4v) is 2.94. The zero-order valence-corrected chi connectivity index (χ0v) is 14.2. The summed E-state index contributed by atoms with van der Waals surface area (Å²) in [6.07, 6.45) is 7.54. The minimum atomic E-state index is 0.819. The summed E-state index contributed by atoms with van der Waals surface area (Å²) < 4.78 is 2.07. The summed E-state index contributed by atoms with van der Waals surface area (Å²) in [6, 6.07) is 6.65.